The molecule has 0 aliphatic carbocycles. The number of carbonyl (C=O) groups is 2. The van der Waals surface area contributed by atoms with Crippen LogP contribution in [0.15, 0.2) is 107 Å². The summed E-state index contributed by atoms with van der Waals surface area (Å²) in [5.41, 5.74) is 2.54. The zero-order valence-electron chi connectivity index (χ0n) is 25.0. The van der Waals surface area contributed by atoms with E-state index in [4.69, 9.17) is 0 Å². The van der Waals surface area contributed by atoms with E-state index in [0.29, 0.717) is 25.1 Å². The molecule has 2 unspecified atom stereocenters. The van der Waals surface area contributed by atoms with E-state index in [1.807, 2.05) is 54.6 Å². The van der Waals surface area contributed by atoms with Crippen molar-refractivity contribution in [2.45, 2.75) is 42.7 Å². The number of amidine groups is 1. The van der Waals surface area contributed by atoms with Gasteiger partial charge in [0.25, 0.3) is 0 Å². The van der Waals surface area contributed by atoms with Gasteiger partial charge in [-0.15, -0.1) is 0 Å². The summed E-state index contributed by atoms with van der Waals surface area (Å²) in [4.78, 5) is 33.6. The summed E-state index contributed by atoms with van der Waals surface area (Å²) in [5, 5.41) is 7.96. The number of rotatable bonds is 11. The number of amides is 2. The molecule has 9 nitrogen and oxygen atoms in total. The van der Waals surface area contributed by atoms with Gasteiger partial charge in [0, 0.05) is 38.0 Å². The Bertz CT molecular complexity index is 1800. The Morgan fingerprint density at radius 3 is 2.29 bits per heavy atom. The monoisotopic (exact) mass is 623 g/mol. The first-order valence-corrected chi connectivity index (χ1v) is 16.9. The molecule has 2 amide bonds. The van der Waals surface area contributed by atoms with Crippen molar-refractivity contribution in [3.05, 3.63) is 114 Å². The first-order valence-electron chi connectivity index (χ1n) is 15.4. The number of benzene rings is 4. The van der Waals surface area contributed by atoms with E-state index in [0.717, 1.165) is 53.7 Å². The SMILES string of the molecule is O=C(CC(NS(=O)(=O)c1ccc2ccccc2c1)c1ccccc1)NC(Cc1ccc(C2=NCCN2)cc1)C(=O)N1CCCC1. The maximum atomic E-state index is 13.6. The van der Waals surface area contributed by atoms with Crippen LogP contribution >= 0.6 is 0 Å². The first-order chi connectivity index (χ1) is 21.9. The van der Waals surface area contributed by atoms with Gasteiger partial charge in [-0.2, -0.15) is 0 Å². The largest absolute Gasteiger partial charge is 0.368 e. The fraction of sp³-hybridized carbons (Fsp3) is 0.286. The molecule has 2 heterocycles. The maximum Gasteiger partial charge on any atom is 0.245 e. The van der Waals surface area contributed by atoms with Crippen molar-refractivity contribution in [1.82, 2.24) is 20.3 Å². The lowest BCUT2D eigenvalue weighted by atomic mass is 10.0. The lowest BCUT2D eigenvalue weighted by molar-refractivity contribution is -0.135. The van der Waals surface area contributed by atoms with Crippen molar-refractivity contribution in [2.75, 3.05) is 26.2 Å². The Morgan fingerprint density at radius 1 is 0.867 bits per heavy atom. The molecule has 4 aromatic carbocycles. The summed E-state index contributed by atoms with van der Waals surface area (Å²) in [6, 6.07) is 27.8. The van der Waals surface area contributed by atoms with Crippen LogP contribution in [0.5, 0.6) is 0 Å². The molecule has 2 aliphatic rings. The third kappa shape index (κ3) is 7.41. The van der Waals surface area contributed by atoms with Gasteiger partial charge in [0.15, 0.2) is 0 Å². The molecule has 3 N–H and O–H groups in total. The van der Waals surface area contributed by atoms with Crippen LogP contribution in [0.3, 0.4) is 0 Å². The molecule has 0 spiro atoms. The smallest absolute Gasteiger partial charge is 0.245 e. The van der Waals surface area contributed by atoms with E-state index >= 15 is 0 Å². The van der Waals surface area contributed by atoms with E-state index in [1.165, 1.54) is 0 Å². The van der Waals surface area contributed by atoms with Crippen LogP contribution in [-0.2, 0) is 26.0 Å². The van der Waals surface area contributed by atoms with E-state index in [1.54, 1.807) is 47.4 Å². The van der Waals surface area contributed by atoms with Gasteiger partial charge in [-0.25, -0.2) is 13.1 Å². The molecule has 2 aliphatic heterocycles. The molecular formula is C35H37N5O4S. The lowest BCUT2D eigenvalue weighted by Crippen LogP contribution is -2.49. The van der Waals surface area contributed by atoms with Crippen LogP contribution < -0.4 is 15.4 Å². The van der Waals surface area contributed by atoms with Crippen LogP contribution in [0.1, 0.15) is 42.0 Å². The van der Waals surface area contributed by atoms with Crippen molar-refractivity contribution in [1.29, 1.82) is 0 Å². The molecule has 1 fully saturated rings. The summed E-state index contributed by atoms with van der Waals surface area (Å²) >= 11 is 0. The highest BCUT2D eigenvalue weighted by Crippen LogP contribution is 2.24. The molecule has 232 valence electrons. The maximum absolute atomic E-state index is 13.6. The zero-order chi connectivity index (χ0) is 31.2. The molecular weight excluding hydrogens is 586 g/mol. The molecule has 2 atom stereocenters. The Labute approximate surface area is 263 Å². The minimum absolute atomic E-state index is 0.117. The number of fused-ring (bicyclic) bond motifs is 1. The Hall–Kier alpha value is -4.54. The summed E-state index contributed by atoms with van der Waals surface area (Å²) in [5.74, 6) is 0.321. The van der Waals surface area contributed by atoms with E-state index < -0.39 is 28.0 Å². The van der Waals surface area contributed by atoms with Crippen molar-refractivity contribution < 1.29 is 18.0 Å². The van der Waals surface area contributed by atoms with Gasteiger partial charge in [-0.05, 0) is 46.9 Å². The van der Waals surface area contributed by atoms with Gasteiger partial charge < -0.3 is 15.5 Å². The van der Waals surface area contributed by atoms with Gasteiger partial charge in [-0.3, -0.25) is 14.6 Å². The molecule has 1 saturated heterocycles. The number of carbonyl (C=O) groups excluding carboxylic acids is 2. The summed E-state index contributed by atoms with van der Waals surface area (Å²) in [6.45, 7) is 2.89. The molecule has 4 aromatic rings. The molecule has 0 aromatic heterocycles. The highest BCUT2D eigenvalue weighted by atomic mass is 32.2. The molecule has 0 saturated carbocycles. The van der Waals surface area contributed by atoms with Crippen LogP contribution in [0.4, 0.5) is 0 Å². The minimum Gasteiger partial charge on any atom is -0.368 e. The summed E-state index contributed by atoms with van der Waals surface area (Å²) in [7, 11) is -3.98. The molecule has 0 bridgehead atoms. The number of hydrogen-bond donors (Lipinski definition) is 3. The number of nitrogens with one attached hydrogen (secondary N) is 3. The second kappa shape index (κ2) is 13.6. The fourth-order valence-corrected chi connectivity index (χ4v) is 7.18. The Balaban J connectivity index is 1.21. The molecule has 0 radical (unpaired) electrons. The van der Waals surface area contributed by atoms with E-state index in [2.05, 4.69) is 20.3 Å². The highest BCUT2D eigenvalue weighted by molar-refractivity contribution is 7.89. The Morgan fingerprint density at radius 2 is 1.58 bits per heavy atom. The first kappa shape index (κ1) is 30.5. The van der Waals surface area contributed by atoms with E-state index in [-0.39, 0.29) is 17.2 Å². The van der Waals surface area contributed by atoms with E-state index in [9.17, 15) is 18.0 Å². The van der Waals surface area contributed by atoms with Gasteiger partial charge in [0.1, 0.15) is 11.9 Å². The average Bonchev–Trinajstić information content (AvgIpc) is 3.80. The number of nitrogens with zero attached hydrogens (tertiary/aromatic N) is 2. The third-order valence-corrected chi connectivity index (χ3v) is 9.78. The lowest BCUT2D eigenvalue weighted by Gasteiger charge is -2.25. The number of likely N-dealkylation sites (tertiary alicyclic amines) is 1. The number of hydrogen-bond acceptors (Lipinski definition) is 6. The van der Waals surface area contributed by atoms with Crippen molar-refractivity contribution in [3.8, 4) is 0 Å². The van der Waals surface area contributed by atoms with Gasteiger partial charge >= 0.3 is 0 Å². The van der Waals surface area contributed by atoms with Crippen molar-refractivity contribution in [3.63, 3.8) is 0 Å². The Kier molecular flexibility index (Phi) is 9.23. The van der Waals surface area contributed by atoms with Gasteiger partial charge in [0.05, 0.1) is 17.5 Å². The molecule has 45 heavy (non-hydrogen) atoms. The van der Waals surface area contributed by atoms with Gasteiger partial charge in [-0.1, -0.05) is 84.9 Å². The van der Waals surface area contributed by atoms with Crippen LogP contribution in [0.2, 0.25) is 0 Å². The topological polar surface area (TPSA) is 120 Å². The van der Waals surface area contributed by atoms with Crippen molar-refractivity contribution >= 4 is 38.4 Å². The number of sulfonamides is 1. The molecule has 6 rings (SSSR count). The number of aliphatic imine (C=N–C) groups is 1. The summed E-state index contributed by atoms with van der Waals surface area (Å²) < 4.78 is 29.9. The quantitative estimate of drug-likeness (QED) is 0.234. The summed E-state index contributed by atoms with van der Waals surface area (Å²) in [6.07, 6.45) is 2.01. The second-order valence-electron chi connectivity index (χ2n) is 11.5. The van der Waals surface area contributed by atoms with Crippen molar-refractivity contribution in [2.24, 2.45) is 4.99 Å². The normalized spacial score (nSPS) is 16.2. The fourth-order valence-electron chi connectivity index (χ4n) is 5.93. The predicted molar refractivity (Wildman–Crippen MR) is 175 cm³/mol. The average molecular weight is 624 g/mol. The zero-order valence-corrected chi connectivity index (χ0v) is 25.8. The third-order valence-electron chi connectivity index (χ3n) is 8.31. The molecule has 10 heteroatoms. The highest BCUT2D eigenvalue weighted by Gasteiger charge is 2.30. The predicted octanol–water partition coefficient (Wildman–Crippen LogP) is 3.95. The minimum atomic E-state index is -3.98. The van der Waals surface area contributed by atoms with Crippen LogP contribution in [0.25, 0.3) is 10.8 Å². The van der Waals surface area contributed by atoms with Crippen LogP contribution in [0, 0.1) is 0 Å². The standard InChI is InChI=1S/C35H37N5O4S/c41-33(38-32(35(42)40-20-6-7-21-40)22-25-12-14-28(15-13-25)34-36-18-19-37-34)24-31(27-9-2-1-3-10-27)39-45(43,44)30-17-16-26-8-4-5-11-29(26)23-30/h1-5,8-17,23,31-32,39H,6-7,18-22,24H2,(H,36,37)(H,38,41). The van der Waals surface area contributed by atoms with Crippen LogP contribution in [-0.4, -0.2) is 63.2 Å². The van der Waals surface area contributed by atoms with Gasteiger partial charge in [0.2, 0.25) is 21.8 Å². The second-order valence-corrected chi connectivity index (χ2v) is 13.2.